The number of halogens is 1. The average molecular weight is 166 g/mol. The predicted molar refractivity (Wildman–Crippen MR) is 45.1 cm³/mol. The first-order valence-electron chi connectivity index (χ1n) is 4.15. The molecule has 1 atom stereocenters. The van der Waals surface area contributed by atoms with E-state index in [0.29, 0.717) is 24.3 Å². The lowest BCUT2D eigenvalue weighted by molar-refractivity contribution is 0.200. The van der Waals surface area contributed by atoms with Crippen molar-refractivity contribution in [1.29, 1.82) is 0 Å². The quantitative estimate of drug-likeness (QED) is 0.575. The van der Waals surface area contributed by atoms with Gasteiger partial charge in [0.05, 0.1) is 6.61 Å². The van der Waals surface area contributed by atoms with Crippen LogP contribution in [-0.2, 0) is 0 Å². The van der Waals surface area contributed by atoms with E-state index in [4.69, 9.17) is 4.74 Å². The van der Waals surface area contributed by atoms with Gasteiger partial charge >= 0.3 is 0 Å². The summed E-state index contributed by atoms with van der Waals surface area (Å²) in [5.41, 5.74) is 1.81. The van der Waals surface area contributed by atoms with E-state index in [-0.39, 0.29) is 0 Å². The molecule has 0 spiro atoms. The number of hydrogen-bond acceptors (Lipinski definition) is 1. The number of benzene rings is 1. The second-order valence-corrected chi connectivity index (χ2v) is 3.15. The minimum Gasteiger partial charge on any atom is -0.493 e. The lowest BCUT2D eigenvalue weighted by Crippen LogP contribution is -2.10. The van der Waals surface area contributed by atoms with E-state index < -0.39 is 6.17 Å². The van der Waals surface area contributed by atoms with Crippen molar-refractivity contribution in [3.05, 3.63) is 29.3 Å². The Morgan fingerprint density at radius 3 is 3.17 bits per heavy atom. The van der Waals surface area contributed by atoms with Crippen LogP contribution in [0.5, 0.6) is 5.75 Å². The average Bonchev–Trinajstić information content (AvgIpc) is 2.04. The first kappa shape index (κ1) is 7.59. The van der Waals surface area contributed by atoms with E-state index in [2.05, 4.69) is 0 Å². The van der Waals surface area contributed by atoms with Crippen LogP contribution in [0.4, 0.5) is 4.39 Å². The van der Waals surface area contributed by atoms with Crippen LogP contribution in [0.25, 0.3) is 0 Å². The lowest BCUT2D eigenvalue weighted by atomic mass is 10.0. The van der Waals surface area contributed by atoms with Crippen molar-refractivity contribution in [3.8, 4) is 5.75 Å². The van der Waals surface area contributed by atoms with Gasteiger partial charge in [0.1, 0.15) is 11.9 Å². The predicted octanol–water partition coefficient (Wildman–Crippen LogP) is 2.79. The summed E-state index contributed by atoms with van der Waals surface area (Å²) in [6.07, 6.45) is -0.356. The fourth-order valence-electron chi connectivity index (χ4n) is 1.45. The van der Waals surface area contributed by atoms with E-state index in [1.165, 1.54) is 0 Å². The highest BCUT2D eigenvalue weighted by molar-refractivity contribution is 5.39. The summed E-state index contributed by atoms with van der Waals surface area (Å²) in [6.45, 7) is 2.48. The fourth-order valence-corrected chi connectivity index (χ4v) is 1.45. The Morgan fingerprint density at radius 1 is 1.50 bits per heavy atom. The molecule has 1 unspecified atom stereocenters. The SMILES string of the molecule is Cc1ccc2c(c1)OCCC2F. The fraction of sp³-hybridized carbons (Fsp3) is 0.400. The second kappa shape index (κ2) is 2.77. The van der Waals surface area contributed by atoms with Crippen molar-refractivity contribution in [3.63, 3.8) is 0 Å². The van der Waals surface area contributed by atoms with Crippen molar-refractivity contribution < 1.29 is 9.13 Å². The minimum absolute atomic E-state index is 0.482. The van der Waals surface area contributed by atoms with Gasteiger partial charge in [0.15, 0.2) is 0 Å². The van der Waals surface area contributed by atoms with Crippen molar-refractivity contribution in [2.45, 2.75) is 19.5 Å². The van der Waals surface area contributed by atoms with Crippen LogP contribution in [0.1, 0.15) is 23.7 Å². The molecule has 1 nitrogen and oxygen atoms in total. The highest BCUT2D eigenvalue weighted by Crippen LogP contribution is 2.34. The molecule has 64 valence electrons. The van der Waals surface area contributed by atoms with Gasteiger partial charge in [-0.05, 0) is 18.6 Å². The zero-order chi connectivity index (χ0) is 8.55. The van der Waals surface area contributed by atoms with E-state index in [1.54, 1.807) is 0 Å². The van der Waals surface area contributed by atoms with Crippen molar-refractivity contribution >= 4 is 0 Å². The number of ether oxygens (including phenoxy) is 1. The van der Waals surface area contributed by atoms with E-state index in [9.17, 15) is 4.39 Å². The number of fused-ring (bicyclic) bond motifs is 1. The van der Waals surface area contributed by atoms with Crippen molar-refractivity contribution in [1.82, 2.24) is 0 Å². The molecule has 1 heterocycles. The van der Waals surface area contributed by atoms with Gasteiger partial charge in [-0.25, -0.2) is 4.39 Å². The van der Waals surface area contributed by atoms with Gasteiger partial charge in [0.2, 0.25) is 0 Å². The van der Waals surface area contributed by atoms with Gasteiger partial charge in [-0.15, -0.1) is 0 Å². The summed E-state index contributed by atoms with van der Waals surface area (Å²) in [5.74, 6) is 0.716. The summed E-state index contributed by atoms with van der Waals surface area (Å²) in [7, 11) is 0. The Morgan fingerprint density at radius 2 is 2.33 bits per heavy atom. The van der Waals surface area contributed by atoms with Crippen molar-refractivity contribution in [2.24, 2.45) is 0 Å². The molecule has 2 rings (SSSR count). The van der Waals surface area contributed by atoms with Gasteiger partial charge in [0, 0.05) is 12.0 Å². The van der Waals surface area contributed by atoms with E-state index in [1.807, 2.05) is 25.1 Å². The molecule has 0 amide bonds. The third-order valence-corrected chi connectivity index (χ3v) is 2.14. The van der Waals surface area contributed by atoms with Gasteiger partial charge < -0.3 is 4.74 Å². The highest BCUT2D eigenvalue weighted by atomic mass is 19.1. The Hall–Kier alpha value is -1.05. The summed E-state index contributed by atoms with van der Waals surface area (Å²) in [4.78, 5) is 0. The Bertz CT molecular complexity index is 296. The molecular weight excluding hydrogens is 155 g/mol. The van der Waals surface area contributed by atoms with Gasteiger partial charge in [-0.2, -0.15) is 0 Å². The van der Waals surface area contributed by atoms with E-state index >= 15 is 0 Å². The topological polar surface area (TPSA) is 9.23 Å². The summed E-state index contributed by atoms with van der Waals surface area (Å²) in [6, 6.07) is 5.62. The molecule has 0 saturated heterocycles. The van der Waals surface area contributed by atoms with Crippen LogP contribution in [0.2, 0.25) is 0 Å². The standard InChI is InChI=1S/C10H11FO/c1-7-2-3-8-9(11)4-5-12-10(8)6-7/h2-3,6,9H,4-5H2,1H3. The summed E-state index contributed by atoms with van der Waals surface area (Å²) in [5, 5.41) is 0. The van der Waals surface area contributed by atoms with Gasteiger partial charge in [-0.3, -0.25) is 0 Å². The zero-order valence-electron chi connectivity index (χ0n) is 7.01. The maximum atomic E-state index is 13.2. The molecule has 0 bridgehead atoms. The molecule has 2 heteroatoms. The molecule has 0 saturated carbocycles. The van der Waals surface area contributed by atoms with Crippen molar-refractivity contribution in [2.75, 3.05) is 6.61 Å². The monoisotopic (exact) mass is 166 g/mol. The van der Waals surface area contributed by atoms with Crippen LogP contribution in [0.15, 0.2) is 18.2 Å². The Kier molecular flexibility index (Phi) is 1.75. The van der Waals surface area contributed by atoms with Crippen LogP contribution >= 0.6 is 0 Å². The zero-order valence-corrected chi connectivity index (χ0v) is 7.01. The van der Waals surface area contributed by atoms with Crippen LogP contribution in [-0.4, -0.2) is 6.61 Å². The molecule has 0 N–H and O–H groups in total. The number of alkyl halides is 1. The second-order valence-electron chi connectivity index (χ2n) is 3.15. The number of aryl methyl sites for hydroxylation is 1. The number of rotatable bonds is 0. The molecule has 0 aliphatic carbocycles. The Labute approximate surface area is 71.2 Å². The van der Waals surface area contributed by atoms with Crippen LogP contribution < -0.4 is 4.74 Å². The molecular formula is C10H11FO. The Balaban J connectivity index is 2.46. The third-order valence-electron chi connectivity index (χ3n) is 2.14. The first-order chi connectivity index (χ1) is 5.77. The highest BCUT2D eigenvalue weighted by Gasteiger charge is 2.19. The first-order valence-corrected chi connectivity index (χ1v) is 4.15. The molecule has 0 radical (unpaired) electrons. The lowest BCUT2D eigenvalue weighted by Gasteiger charge is -2.20. The molecule has 1 aromatic carbocycles. The molecule has 1 aliphatic heterocycles. The molecule has 0 fully saturated rings. The maximum absolute atomic E-state index is 13.2. The maximum Gasteiger partial charge on any atom is 0.132 e. The summed E-state index contributed by atoms with van der Waals surface area (Å²) >= 11 is 0. The minimum atomic E-state index is -0.839. The molecule has 12 heavy (non-hydrogen) atoms. The third kappa shape index (κ3) is 1.17. The largest absolute Gasteiger partial charge is 0.493 e. The van der Waals surface area contributed by atoms with Gasteiger partial charge in [0.25, 0.3) is 0 Å². The van der Waals surface area contributed by atoms with Crippen LogP contribution in [0, 0.1) is 6.92 Å². The molecule has 0 aromatic heterocycles. The normalized spacial score (nSPS) is 21.3. The summed E-state index contributed by atoms with van der Waals surface area (Å²) < 4.78 is 18.6. The van der Waals surface area contributed by atoms with Gasteiger partial charge in [-0.1, -0.05) is 12.1 Å². The number of hydrogen-bond donors (Lipinski definition) is 0. The molecule has 1 aliphatic rings. The molecule has 1 aromatic rings. The van der Waals surface area contributed by atoms with Crippen LogP contribution in [0.3, 0.4) is 0 Å². The smallest absolute Gasteiger partial charge is 0.132 e. The van der Waals surface area contributed by atoms with E-state index in [0.717, 1.165) is 5.56 Å².